The van der Waals surface area contributed by atoms with Crippen molar-refractivity contribution >= 4 is 5.91 Å². The van der Waals surface area contributed by atoms with Gasteiger partial charge in [0.1, 0.15) is 5.75 Å². The maximum Gasteiger partial charge on any atom is 0.257 e. The van der Waals surface area contributed by atoms with Crippen LogP contribution in [0, 0.1) is 12.3 Å². The van der Waals surface area contributed by atoms with E-state index in [0.717, 1.165) is 18.5 Å². The summed E-state index contributed by atoms with van der Waals surface area (Å²) in [5, 5.41) is 0. The number of hydrogen-bond acceptors (Lipinski definition) is 3. The quantitative estimate of drug-likeness (QED) is 0.840. The van der Waals surface area contributed by atoms with Crippen LogP contribution in [0.3, 0.4) is 0 Å². The van der Waals surface area contributed by atoms with Crippen LogP contribution >= 0.6 is 0 Å². The fourth-order valence-electron chi connectivity index (χ4n) is 2.26. The van der Waals surface area contributed by atoms with E-state index in [2.05, 4.69) is 20.8 Å². The van der Waals surface area contributed by atoms with Gasteiger partial charge in [0.05, 0.1) is 12.7 Å². The van der Waals surface area contributed by atoms with Crippen molar-refractivity contribution in [2.75, 3.05) is 26.7 Å². The van der Waals surface area contributed by atoms with Crippen molar-refractivity contribution in [1.29, 1.82) is 0 Å². The fraction of sp³-hybridized carbons (Fsp3) is 0.588. The molecule has 0 aliphatic rings. The maximum absolute atomic E-state index is 12.9. The molecule has 0 heterocycles. The topological polar surface area (TPSA) is 55.6 Å². The monoisotopic (exact) mass is 292 g/mol. The summed E-state index contributed by atoms with van der Waals surface area (Å²) in [7, 11) is 1.59. The number of hydrogen-bond donors (Lipinski definition) is 1. The molecule has 0 atom stereocenters. The maximum atomic E-state index is 12.9. The zero-order valence-corrected chi connectivity index (χ0v) is 13.9. The summed E-state index contributed by atoms with van der Waals surface area (Å²) in [6, 6.07) is 5.68. The van der Waals surface area contributed by atoms with Gasteiger partial charge in [0.25, 0.3) is 5.91 Å². The van der Waals surface area contributed by atoms with Crippen molar-refractivity contribution in [3.63, 3.8) is 0 Å². The Morgan fingerprint density at radius 3 is 2.57 bits per heavy atom. The second-order valence-electron chi connectivity index (χ2n) is 6.30. The highest BCUT2D eigenvalue weighted by Crippen LogP contribution is 2.24. The molecular weight excluding hydrogens is 264 g/mol. The molecule has 21 heavy (non-hydrogen) atoms. The van der Waals surface area contributed by atoms with Crippen LogP contribution in [0.25, 0.3) is 0 Å². The number of aryl methyl sites for hydroxylation is 1. The smallest absolute Gasteiger partial charge is 0.257 e. The summed E-state index contributed by atoms with van der Waals surface area (Å²) in [4.78, 5) is 14.7. The highest BCUT2D eigenvalue weighted by Gasteiger charge is 2.25. The molecule has 0 aliphatic heterocycles. The van der Waals surface area contributed by atoms with Crippen molar-refractivity contribution in [2.45, 2.75) is 34.1 Å². The van der Waals surface area contributed by atoms with E-state index in [1.807, 2.05) is 30.0 Å². The van der Waals surface area contributed by atoms with Crippen LogP contribution in [-0.2, 0) is 0 Å². The predicted molar refractivity (Wildman–Crippen MR) is 86.8 cm³/mol. The number of carbonyl (C=O) groups excluding carboxylic acids is 1. The van der Waals surface area contributed by atoms with Crippen molar-refractivity contribution in [3.8, 4) is 5.75 Å². The molecule has 0 saturated carbocycles. The third-order valence-electron chi connectivity index (χ3n) is 3.54. The summed E-state index contributed by atoms with van der Waals surface area (Å²) >= 11 is 0. The molecule has 4 nitrogen and oxygen atoms in total. The van der Waals surface area contributed by atoms with E-state index in [9.17, 15) is 4.79 Å². The lowest BCUT2D eigenvalue weighted by Crippen LogP contribution is -2.42. The second kappa shape index (κ2) is 7.46. The Morgan fingerprint density at radius 2 is 2.05 bits per heavy atom. The Hall–Kier alpha value is -1.55. The van der Waals surface area contributed by atoms with Gasteiger partial charge in [-0.1, -0.05) is 32.4 Å². The van der Waals surface area contributed by atoms with Crippen LogP contribution in [0.5, 0.6) is 5.75 Å². The van der Waals surface area contributed by atoms with Crippen LogP contribution in [0.4, 0.5) is 0 Å². The predicted octanol–water partition coefficient (Wildman–Crippen LogP) is 2.84. The number of methoxy groups -OCH3 is 1. The van der Waals surface area contributed by atoms with E-state index < -0.39 is 0 Å². The van der Waals surface area contributed by atoms with Gasteiger partial charge in [-0.2, -0.15) is 0 Å². The molecule has 118 valence electrons. The van der Waals surface area contributed by atoms with Crippen LogP contribution < -0.4 is 10.5 Å². The molecule has 1 aromatic carbocycles. The lowest BCUT2D eigenvalue weighted by molar-refractivity contribution is 0.0686. The number of amides is 1. The van der Waals surface area contributed by atoms with Gasteiger partial charge < -0.3 is 15.4 Å². The number of carbonyl (C=O) groups is 1. The molecular formula is C17H28N2O2. The van der Waals surface area contributed by atoms with E-state index in [-0.39, 0.29) is 11.3 Å². The summed E-state index contributed by atoms with van der Waals surface area (Å²) in [5.74, 6) is 0.635. The molecule has 1 rings (SSSR count). The molecule has 0 fully saturated rings. The van der Waals surface area contributed by atoms with E-state index in [4.69, 9.17) is 10.5 Å². The van der Waals surface area contributed by atoms with E-state index in [0.29, 0.717) is 24.4 Å². The highest BCUT2D eigenvalue weighted by molar-refractivity contribution is 5.97. The zero-order chi connectivity index (χ0) is 16.0. The van der Waals surface area contributed by atoms with Crippen LogP contribution in [-0.4, -0.2) is 37.6 Å². The van der Waals surface area contributed by atoms with Gasteiger partial charge in [-0.15, -0.1) is 0 Å². The Morgan fingerprint density at radius 1 is 1.38 bits per heavy atom. The molecule has 0 spiro atoms. The number of nitrogens with two attached hydrogens (primary N) is 1. The highest BCUT2D eigenvalue weighted by atomic mass is 16.5. The number of ether oxygens (including phenoxy) is 1. The molecule has 0 saturated heterocycles. The molecule has 2 N–H and O–H groups in total. The minimum atomic E-state index is -0.0953. The molecule has 4 heteroatoms. The summed E-state index contributed by atoms with van der Waals surface area (Å²) in [6.07, 6.45) is 0.917. The average Bonchev–Trinajstić information content (AvgIpc) is 2.46. The van der Waals surface area contributed by atoms with Crippen LogP contribution in [0.1, 0.15) is 43.1 Å². The van der Waals surface area contributed by atoms with Crippen LogP contribution in [0.15, 0.2) is 18.2 Å². The Bertz CT molecular complexity index is 484. The third kappa shape index (κ3) is 4.74. The lowest BCUT2D eigenvalue weighted by atomic mass is 9.92. The van der Waals surface area contributed by atoms with Crippen LogP contribution in [0.2, 0.25) is 0 Å². The minimum absolute atomic E-state index is 0.0129. The molecule has 0 bridgehead atoms. The zero-order valence-electron chi connectivity index (χ0n) is 13.9. The van der Waals surface area contributed by atoms with Crippen molar-refractivity contribution in [3.05, 3.63) is 29.3 Å². The normalized spacial score (nSPS) is 11.3. The first kappa shape index (κ1) is 17.5. The lowest BCUT2D eigenvalue weighted by Gasteiger charge is -2.32. The molecule has 1 amide bonds. The van der Waals surface area contributed by atoms with Crippen molar-refractivity contribution < 1.29 is 9.53 Å². The van der Waals surface area contributed by atoms with Gasteiger partial charge in [0.15, 0.2) is 0 Å². The van der Waals surface area contributed by atoms with Crippen molar-refractivity contribution in [1.82, 2.24) is 4.90 Å². The first-order valence-corrected chi connectivity index (χ1v) is 7.48. The third-order valence-corrected chi connectivity index (χ3v) is 3.54. The Balaban J connectivity index is 3.08. The van der Waals surface area contributed by atoms with Gasteiger partial charge in [-0.25, -0.2) is 0 Å². The van der Waals surface area contributed by atoms with Gasteiger partial charge in [0, 0.05) is 13.1 Å². The number of rotatable bonds is 7. The van der Waals surface area contributed by atoms with Gasteiger partial charge in [-0.05, 0) is 37.4 Å². The first-order valence-electron chi connectivity index (χ1n) is 7.48. The summed E-state index contributed by atoms with van der Waals surface area (Å²) in [5.41, 5.74) is 7.39. The van der Waals surface area contributed by atoms with E-state index >= 15 is 0 Å². The Labute approximate surface area is 128 Å². The van der Waals surface area contributed by atoms with Gasteiger partial charge in [0.2, 0.25) is 0 Å². The SMILES string of the molecule is CCCN(CC(C)(C)CN)C(=O)c1cc(C)ccc1OC. The summed E-state index contributed by atoms with van der Waals surface area (Å²) in [6.45, 7) is 10.1. The van der Waals surface area contributed by atoms with E-state index in [1.54, 1.807) is 7.11 Å². The minimum Gasteiger partial charge on any atom is -0.496 e. The van der Waals surface area contributed by atoms with E-state index in [1.165, 1.54) is 0 Å². The number of nitrogens with zero attached hydrogens (tertiary/aromatic N) is 1. The first-order chi connectivity index (χ1) is 9.84. The number of benzene rings is 1. The molecule has 0 radical (unpaired) electrons. The Kier molecular flexibility index (Phi) is 6.21. The standard InChI is InChI=1S/C17H28N2O2/c1-6-9-19(12-17(3,4)11-18)16(20)14-10-13(2)7-8-15(14)21-5/h7-8,10H,6,9,11-12,18H2,1-5H3. The molecule has 0 aromatic heterocycles. The molecule has 0 unspecified atom stereocenters. The van der Waals surface area contributed by atoms with Gasteiger partial charge >= 0.3 is 0 Å². The molecule has 0 aliphatic carbocycles. The largest absolute Gasteiger partial charge is 0.496 e. The summed E-state index contributed by atoms with van der Waals surface area (Å²) < 4.78 is 5.33. The molecule has 1 aromatic rings. The van der Waals surface area contributed by atoms with Gasteiger partial charge in [-0.3, -0.25) is 4.79 Å². The second-order valence-corrected chi connectivity index (χ2v) is 6.30. The average molecular weight is 292 g/mol. The van der Waals surface area contributed by atoms with Crippen molar-refractivity contribution in [2.24, 2.45) is 11.1 Å². The fourth-order valence-corrected chi connectivity index (χ4v) is 2.26.